The highest BCUT2D eigenvalue weighted by Crippen LogP contribution is 2.32. The second kappa shape index (κ2) is 10.7. The fourth-order valence-corrected chi connectivity index (χ4v) is 2.72. The molecular formula is C14H29NO3S. The first-order chi connectivity index (χ1) is 8.74. The number of rotatable bonds is 3. The van der Waals surface area contributed by atoms with Gasteiger partial charge in [0.2, 0.25) is 0 Å². The maximum absolute atomic E-state index is 9.88. The molecule has 0 aromatic rings. The summed E-state index contributed by atoms with van der Waals surface area (Å²) in [4.78, 5) is 0. The Morgan fingerprint density at radius 3 is 2.79 bits per heavy atom. The molecule has 2 aliphatic rings. The summed E-state index contributed by atoms with van der Waals surface area (Å²) in [6, 6.07) is 0.545. The summed E-state index contributed by atoms with van der Waals surface area (Å²) in [7, 11) is 0. The van der Waals surface area contributed by atoms with Crippen LogP contribution in [0.25, 0.3) is 0 Å². The van der Waals surface area contributed by atoms with Gasteiger partial charge in [-0.15, -0.1) is 0 Å². The summed E-state index contributed by atoms with van der Waals surface area (Å²) in [5.74, 6) is 0.679. The number of fused-ring (bicyclic) bond motifs is 1. The SMILES string of the molecule is CCOC(O)C1CNC2CCCC=CC21.CSC.O. The van der Waals surface area contributed by atoms with Crippen molar-refractivity contribution in [2.75, 3.05) is 25.7 Å². The number of aliphatic hydroxyl groups is 1. The Labute approximate surface area is 121 Å². The fraction of sp³-hybridized carbons (Fsp3) is 0.857. The van der Waals surface area contributed by atoms with Gasteiger partial charge in [0, 0.05) is 31.0 Å². The minimum atomic E-state index is -0.611. The molecule has 114 valence electrons. The molecule has 1 saturated heterocycles. The topological polar surface area (TPSA) is 73.0 Å². The van der Waals surface area contributed by atoms with Crippen LogP contribution in [0, 0.1) is 11.8 Å². The van der Waals surface area contributed by atoms with Crippen molar-refractivity contribution in [3.63, 3.8) is 0 Å². The molecule has 1 heterocycles. The lowest BCUT2D eigenvalue weighted by Gasteiger charge is -2.23. The summed E-state index contributed by atoms with van der Waals surface area (Å²) >= 11 is 1.75. The molecule has 0 spiro atoms. The first kappa shape index (κ1) is 18.9. The third kappa shape index (κ3) is 5.83. The van der Waals surface area contributed by atoms with Crippen LogP contribution in [-0.2, 0) is 4.74 Å². The van der Waals surface area contributed by atoms with Gasteiger partial charge in [-0.05, 0) is 38.7 Å². The second-order valence-corrected chi connectivity index (χ2v) is 5.69. The van der Waals surface area contributed by atoms with E-state index in [9.17, 15) is 5.11 Å². The molecule has 0 amide bonds. The third-order valence-corrected chi connectivity index (χ3v) is 3.52. The van der Waals surface area contributed by atoms with Gasteiger partial charge in [0.05, 0.1) is 0 Å². The van der Waals surface area contributed by atoms with Gasteiger partial charge in [-0.3, -0.25) is 0 Å². The van der Waals surface area contributed by atoms with E-state index in [1.807, 2.05) is 19.4 Å². The van der Waals surface area contributed by atoms with Crippen molar-refractivity contribution in [2.24, 2.45) is 11.8 Å². The van der Waals surface area contributed by atoms with E-state index in [4.69, 9.17) is 4.74 Å². The molecule has 0 aromatic carbocycles. The van der Waals surface area contributed by atoms with Gasteiger partial charge in [-0.2, -0.15) is 11.8 Å². The van der Waals surface area contributed by atoms with Gasteiger partial charge < -0.3 is 20.6 Å². The molecule has 0 bridgehead atoms. The maximum Gasteiger partial charge on any atom is 0.159 e. The molecule has 1 aliphatic carbocycles. The highest BCUT2D eigenvalue weighted by Gasteiger charge is 2.38. The molecule has 1 aliphatic heterocycles. The predicted octanol–water partition coefficient (Wildman–Crippen LogP) is 1.44. The minimum Gasteiger partial charge on any atom is -0.412 e. The van der Waals surface area contributed by atoms with Crippen LogP contribution in [0.4, 0.5) is 0 Å². The van der Waals surface area contributed by atoms with Gasteiger partial charge in [-0.25, -0.2) is 0 Å². The van der Waals surface area contributed by atoms with Crippen LogP contribution < -0.4 is 5.32 Å². The van der Waals surface area contributed by atoms with Crippen molar-refractivity contribution in [1.82, 2.24) is 5.32 Å². The van der Waals surface area contributed by atoms with E-state index < -0.39 is 6.29 Å². The highest BCUT2D eigenvalue weighted by atomic mass is 32.2. The molecule has 0 saturated carbocycles. The Hall–Kier alpha value is -0.0700. The monoisotopic (exact) mass is 291 g/mol. The summed E-state index contributed by atoms with van der Waals surface area (Å²) < 4.78 is 5.30. The van der Waals surface area contributed by atoms with Crippen LogP contribution in [0.1, 0.15) is 26.2 Å². The van der Waals surface area contributed by atoms with Crippen LogP contribution in [0.3, 0.4) is 0 Å². The van der Waals surface area contributed by atoms with Crippen molar-refractivity contribution >= 4 is 11.8 Å². The summed E-state index contributed by atoms with van der Waals surface area (Å²) in [5, 5.41) is 13.4. The number of ether oxygens (including phenoxy) is 1. The number of hydrogen-bond donors (Lipinski definition) is 2. The summed E-state index contributed by atoms with van der Waals surface area (Å²) in [5.41, 5.74) is 0. The Kier molecular flexibility index (Phi) is 10.6. The molecule has 1 fully saturated rings. The number of nitrogens with one attached hydrogen (secondary N) is 1. The average Bonchev–Trinajstić information content (AvgIpc) is 2.60. The number of hydrogen-bond acceptors (Lipinski definition) is 4. The van der Waals surface area contributed by atoms with E-state index in [2.05, 4.69) is 17.5 Å². The Morgan fingerprint density at radius 1 is 1.47 bits per heavy atom. The van der Waals surface area contributed by atoms with E-state index in [1.165, 1.54) is 19.3 Å². The molecule has 4 nitrogen and oxygen atoms in total. The summed E-state index contributed by atoms with van der Waals surface area (Å²) in [6.07, 6.45) is 11.6. The normalized spacial score (nSPS) is 30.4. The number of thioether (sulfide) groups is 1. The van der Waals surface area contributed by atoms with Crippen molar-refractivity contribution in [2.45, 2.75) is 38.5 Å². The van der Waals surface area contributed by atoms with E-state index in [1.54, 1.807) is 11.8 Å². The lowest BCUT2D eigenvalue weighted by atomic mass is 9.89. The zero-order chi connectivity index (χ0) is 13.4. The van der Waals surface area contributed by atoms with Gasteiger partial charge >= 0.3 is 0 Å². The van der Waals surface area contributed by atoms with Crippen LogP contribution in [0.2, 0.25) is 0 Å². The molecule has 19 heavy (non-hydrogen) atoms. The van der Waals surface area contributed by atoms with Crippen molar-refractivity contribution in [3.8, 4) is 0 Å². The third-order valence-electron chi connectivity index (χ3n) is 3.52. The quantitative estimate of drug-likeness (QED) is 0.609. The minimum absolute atomic E-state index is 0. The van der Waals surface area contributed by atoms with E-state index in [0.29, 0.717) is 18.6 Å². The second-order valence-electron chi connectivity index (χ2n) is 4.87. The smallest absolute Gasteiger partial charge is 0.159 e. The Bertz CT molecular complexity index is 251. The van der Waals surface area contributed by atoms with Gasteiger partial charge in [0.15, 0.2) is 6.29 Å². The molecule has 0 aromatic heterocycles. The van der Waals surface area contributed by atoms with Gasteiger partial charge in [0.1, 0.15) is 0 Å². The van der Waals surface area contributed by atoms with E-state index in [-0.39, 0.29) is 11.4 Å². The molecule has 5 heteroatoms. The van der Waals surface area contributed by atoms with Crippen LogP contribution >= 0.6 is 11.8 Å². The zero-order valence-electron chi connectivity index (χ0n) is 12.3. The van der Waals surface area contributed by atoms with Crippen LogP contribution in [0.5, 0.6) is 0 Å². The van der Waals surface area contributed by atoms with Gasteiger partial charge in [-0.1, -0.05) is 12.2 Å². The standard InChI is InChI=1S/C12H21NO2.C2H6S.H2O/c1-2-15-12(14)10-8-13-11-7-5-3-4-6-9(10)11;1-3-2;/h4,6,9-14H,2-3,5,7-8H2,1H3;1-2H3;1H2. The maximum atomic E-state index is 9.88. The van der Waals surface area contributed by atoms with Crippen molar-refractivity contribution in [3.05, 3.63) is 12.2 Å². The highest BCUT2D eigenvalue weighted by molar-refractivity contribution is 7.97. The Morgan fingerprint density at radius 2 is 2.16 bits per heavy atom. The molecule has 4 unspecified atom stereocenters. The Balaban J connectivity index is 0.000000742. The number of allylic oxidation sites excluding steroid dienone is 1. The average molecular weight is 291 g/mol. The molecule has 4 atom stereocenters. The molecule has 4 N–H and O–H groups in total. The van der Waals surface area contributed by atoms with E-state index >= 15 is 0 Å². The molecular weight excluding hydrogens is 262 g/mol. The first-order valence-corrected chi connectivity index (χ1v) is 8.47. The lowest BCUT2D eigenvalue weighted by Crippen LogP contribution is -2.30. The van der Waals surface area contributed by atoms with Crippen LogP contribution in [0.15, 0.2) is 12.2 Å². The fourth-order valence-electron chi connectivity index (χ4n) is 2.72. The zero-order valence-corrected chi connectivity index (χ0v) is 13.1. The van der Waals surface area contributed by atoms with Crippen molar-refractivity contribution < 1.29 is 15.3 Å². The largest absolute Gasteiger partial charge is 0.412 e. The lowest BCUT2D eigenvalue weighted by molar-refractivity contribution is -0.132. The summed E-state index contributed by atoms with van der Waals surface area (Å²) in [6.45, 7) is 3.38. The number of aliphatic hydroxyl groups excluding tert-OH is 1. The molecule has 0 radical (unpaired) electrons. The van der Waals surface area contributed by atoms with Crippen LogP contribution in [-0.4, -0.2) is 48.6 Å². The molecule has 2 rings (SSSR count). The van der Waals surface area contributed by atoms with E-state index in [0.717, 1.165) is 6.54 Å². The predicted molar refractivity (Wildman–Crippen MR) is 82.4 cm³/mol. The first-order valence-electron chi connectivity index (χ1n) is 6.84. The van der Waals surface area contributed by atoms with Crippen molar-refractivity contribution in [1.29, 1.82) is 0 Å². The van der Waals surface area contributed by atoms with Gasteiger partial charge in [0.25, 0.3) is 0 Å².